The van der Waals surface area contributed by atoms with Crippen LogP contribution >= 0.6 is 0 Å². The Morgan fingerprint density at radius 2 is 2.38 bits per heavy atom. The van der Waals surface area contributed by atoms with Crippen molar-refractivity contribution in [1.82, 2.24) is 0 Å². The van der Waals surface area contributed by atoms with E-state index in [-0.39, 0.29) is 5.92 Å². The second-order valence-electron chi connectivity index (χ2n) is 3.81. The molecule has 0 saturated heterocycles. The van der Waals surface area contributed by atoms with Crippen LogP contribution in [0.25, 0.3) is 0 Å². The van der Waals surface area contributed by atoms with E-state index in [1.807, 2.05) is 6.08 Å². The van der Waals surface area contributed by atoms with Crippen LogP contribution in [-0.2, 0) is 4.79 Å². The number of Topliss-reactive ketones (excluding diaryl/α,β-unsaturated/α-hetero) is 1. The van der Waals surface area contributed by atoms with Crippen LogP contribution in [-0.4, -0.2) is 17.0 Å². The van der Waals surface area contributed by atoms with Gasteiger partial charge in [0.15, 0.2) is 0 Å². The van der Waals surface area contributed by atoms with E-state index < -0.39 is 6.10 Å². The average Bonchev–Trinajstić information content (AvgIpc) is 2.08. The van der Waals surface area contributed by atoms with E-state index in [0.717, 1.165) is 25.7 Å². The molecule has 0 bridgehead atoms. The molecule has 1 saturated carbocycles. The van der Waals surface area contributed by atoms with Gasteiger partial charge in [-0.15, -0.1) is 0 Å². The molecule has 2 unspecified atom stereocenters. The summed E-state index contributed by atoms with van der Waals surface area (Å²) < 4.78 is 0. The number of carbonyl (C=O) groups is 1. The van der Waals surface area contributed by atoms with Gasteiger partial charge < -0.3 is 5.11 Å². The zero-order valence-corrected chi connectivity index (χ0v) is 8.20. The van der Waals surface area contributed by atoms with Crippen molar-refractivity contribution in [2.45, 2.75) is 45.1 Å². The molecule has 1 aliphatic carbocycles. The smallest absolute Gasteiger partial charge is 0.136 e. The Labute approximate surface area is 79.6 Å². The molecular weight excluding hydrogens is 164 g/mol. The minimum Gasteiger partial charge on any atom is -0.389 e. The summed E-state index contributed by atoms with van der Waals surface area (Å²) in [6, 6.07) is 0. The molecular formula is C11H18O2. The van der Waals surface area contributed by atoms with Gasteiger partial charge in [-0.25, -0.2) is 0 Å². The third kappa shape index (κ3) is 3.73. The van der Waals surface area contributed by atoms with E-state index in [1.165, 1.54) is 6.42 Å². The maximum Gasteiger partial charge on any atom is 0.136 e. The lowest BCUT2D eigenvalue weighted by Gasteiger charge is -2.18. The van der Waals surface area contributed by atoms with E-state index in [4.69, 9.17) is 5.11 Å². The number of carbonyl (C=O) groups excluding carboxylic acids is 1. The second-order valence-corrected chi connectivity index (χ2v) is 3.81. The number of aliphatic hydroxyl groups excluding tert-OH is 1. The number of hydrogen-bond donors (Lipinski definition) is 1. The first kappa shape index (κ1) is 10.5. The van der Waals surface area contributed by atoms with Crippen LogP contribution < -0.4 is 0 Å². The van der Waals surface area contributed by atoms with Crippen molar-refractivity contribution >= 4 is 5.78 Å². The van der Waals surface area contributed by atoms with Crippen molar-refractivity contribution < 1.29 is 9.90 Å². The molecule has 1 aliphatic rings. The molecule has 0 radical (unpaired) electrons. The zero-order chi connectivity index (χ0) is 9.68. The first-order valence-corrected chi connectivity index (χ1v) is 5.07. The highest BCUT2D eigenvalue weighted by Crippen LogP contribution is 2.23. The van der Waals surface area contributed by atoms with Gasteiger partial charge >= 0.3 is 0 Å². The fourth-order valence-corrected chi connectivity index (χ4v) is 1.74. The van der Waals surface area contributed by atoms with Gasteiger partial charge in [0.05, 0.1) is 6.10 Å². The maximum absolute atomic E-state index is 11.4. The predicted molar refractivity (Wildman–Crippen MR) is 52.4 cm³/mol. The Hall–Kier alpha value is -0.630. The van der Waals surface area contributed by atoms with Crippen molar-refractivity contribution in [3.05, 3.63) is 12.2 Å². The van der Waals surface area contributed by atoms with Gasteiger partial charge in [0.2, 0.25) is 0 Å². The van der Waals surface area contributed by atoms with E-state index in [2.05, 4.69) is 0 Å². The van der Waals surface area contributed by atoms with Gasteiger partial charge in [0.1, 0.15) is 5.78 Å². The number of allylic oxidation sites excluding steroid dienone is 1. The molecule has 0 amide bonds. The molecule has 0 aromatic heterocycles. The fraction of sp³-hybridized carbons (Fsp3) is 0.727. The topological polar surface area (TPSA) is 37.3 Å². The fourth-order valence-electron chi connectivity index (χ4n) is 1.74. The van der Waals surface area contributed by atoms with Gasteiger partial charge in [0, 0.05) is 12.3 Å². The predicted octanol–water partition coefficient (Wildman–Crippen LogP) is 2.07. The van der Waals surface area contributed by atoms with Crippen LogP contribution in [0.3, 0.4) is 0 Å². The van der Waals surface area contributed by atoms with E-state index in [9.17, 15) is 4.79 Å². The summed E-state index contributed by atoms with van der Waals surface area (Å²) in [5, 5.41) is 8.98. The average molecular weight is 182 g/mol. The quantitative estimate of drug-likeness (QED) is 0.678. The normalized spacial score (nSPS) is 26.6. The molecule has 0 aromatic rings. The lowest BCUT2D eigenvalue weighted by Crippen LogP contribution is -2.18. The molecule has 1 N–H and O–H groups in total. The van der Waals surface area contributed by atoms with Gasteiger partial charge in [-0.2, -0.15) is 0 Å². The lowest BCUT2D eigenvalue weighted by molar-refractivity contribution is -0.124. The van der Waals surface area contributed by atoms with Crippen LogP contribution in [0.2, 0.25) is 0 Å². The summed E-state index contributed by atoms with van der Waals surface area (Å²) in [6.45, 7) is 1.72. The van der Waals surface area contributed by atoms with Gasteiger partial charge in [-0.05, 0) is 26.2 Å². The molecule has 0 aliphatic heterocycles. The SMILES string of the molecule is CC(O)C=CCC1CCCCC1=O. The molecule has 2 nitrogen and oxygen atoms in total. The molecule has 2 atom stereocenters. The number of rotatable bonds is 3. The summed E-state index contributed by atoms with van der Waals surface area (Å²) in [5.41, 5.74) is 0. The third-order valence-corrected chi connectivity index (χ3v) is 2.52. The van der Waals surface area contributed by atoms with Crippen LogP contribution in [0.4, 0.5) is 0 Å². The van der Waals surface area contributed by atoms with Crippen molar-refractivity contribution in [1.29, 1.82) is 0 Å². The Morgan fingerprint density at radius 1 is 1.62 bits per heavy atom. The van der Waals surface area contributed by atoms with Crippen LogP contribution in [0.5, 0.6) is 0 Å². The minimum atomic E-state index is -0.390. The second kappa shape index (κ2) is 5.18. The van der Waals surface area contributed by atoms with Crippen molar-refractivity contribution in [2.24, 2.45) is 5.92 Å². The Balaban J connectivity index is 2.30. The third-order valence-electron chi connectivity index (χ3n) is 2.52. The van der Waals surface area contributed by atoms with Crippen LogP contribution in [0.1, 0.15) is 39.0 Å². The lowest BCUT2D eigenvalue weighted by atomic mass is 9.86. The summed E-state index contributed by atoms with van der Waals surface area (Å²) in [5.74, 6) is 0.630. The molecule has 0 aromatic carbocycles. The summed E-state index contributed by atoms with van der Waals surface area (Å²) in [4.78, 5) is 11.4. The van der Waals surface area contributed by atoms with Crippen molar-refractivity contribution in [3.63, 3.8) is 0 Å². The molecule has 0 spiro atoms. The van der Waals surface area contributed by atoms with Gasteiger partial charge in [0.25, 0.3) is 0 Å². The molecule has 74 valence electrons. The Bertz CT molecular complexity index is 194. The van der Waals surface area contributed by atoms with Crippen LogP contribution in [0, 0.1) is 5.92 Å². The standard InChI is InChI=1S/C11H18O2/c1-9(12)5-4-7-10-6-2-3-8-11(10)13/h4-5,9-10,12H,2-3,6-8H2,1H3. The summed E-state index contributed by atoms with van der Waals surface area (Å²) in [7, 11) is 0. The molecule has 1 fully saturated rings. The zero-order valence-electron chi connectivity index (χ0n) is 8.20. The van der Waals surface area contributed by atoms with E-state index in [0.29, 0.717) is 5.78 Å². The van der Waals surface area contributed by atoms with Crippen molar-refractivity contribution in [2.75, 3.05) is 0 Å². The van der Waals surface area contributed by atoms with Gasteiger partial charge in [-0.3, -0.25) is 4.79 Å². The van der Waals surface area contributed by atoms with Crippen molar-refractivity contribution in [3.8, 4) is 0 Å². The number of hydrogen-bond acceptors (Lipinski definition) is 2. The summed E-state index contributed by atoms with van der Waals surface area (Å²) >= 11 is 0. The number of aliphatic hydroxyl groups is 1. The largest absolute Gasteiger partial charge is 0.389 e. The van der Waals surface area contributed by atoms with Gasteiger partial charge in [-0.1, -0.05) is 18.6 Å². The molecule has 13 heavy (non-hydrogen) atoms. The highest BCUT2D eigenvalue weighted by Gasteiger charge is 2.20. The first-order chi connectivity index (χ1) is 6.20. The Kier molecular flexibility index (Phi) is 4.16. The minimum absolute atomic E-state index is 0.226. The highest BCUT2D eigenvalue weighted by molar-refractivity contribution is 5.81. The highest BCUT2D eigenvalue weighted by atomic mass is 16.3. The monoisotopic (exact) mass is 182 g/mol. The maximum atomic E-state index is 11.4. The molecule has 0 heterocycles. The Morgan fingerprint density at radius 3 is 3.00 bits per heavy atom. The van der Waals surface area contributed by atoms with E-state index in [1.54, 1.807) is 13.0 Å². The molecule has 2 heteroatoms. The summed E-state index contributed by atoms with van der Waals surface area (Å²) in [6.07, 6.45) is 8.13. The first-order valence-electron chi connectivity index (χ1n) is 5.07. The number of ketones is 1. The van der Waals surface area contributed by atoms with E-state index >= 15 is 0 Å². The molecule has 1 rings (SSSR count). The van der Waals surface area contributed by atoms with Crippen LogP contribution in [0.15, 0.2) is 12.2 Å².